The van der Waals surface area contributed by atoms with Gasteiger partial charge in [-0.3, -0.25) is 4.79 Å². The van der Waals surface area contributed by atoms with Crippen molar-refractivity contribution in [2.24, 2.45) is 28.9 Å². The van der Waals surface area contributed by atoms with E-state index in [2.05, 4.69) is 5.32 Å². The van der Waals surface area contributed by atoms with Crippen LogP contribution in [0.5, 0.6) is 0 Å². The normalized spacial score (nSPS) is 41.0. The molecule has 0 aromatic carbocycles. The summed E-state index contributed by atoms with van der Waals surface area (Å²) in [6.07, 6.45) is 6.66. The van der Waals surface area contributed by atoms with Crippen molar-refractivity contribution in [2.45, 2.75) is 44.6 Å². The van der Waals surface area contributed by atoms with Gasteiger partial charge >= 0.3 is 5.97 Å². The Morgan fingerprint density at radius 1 is 1.16 bits per heavy atom. The maximum absolute atomic E-state index is 11.6. The van der Waals surface area contributed by atoms with E-state index in [0.29, 0.717) is 17.8 Å². The molecule has 1 amide bonds. The summed E-state index contributed by atoms with van der Waals surface area (Å²) in [6.45, 7) is -0.143. The molecule has 4 aliphatic rings. The van der Waals surface area contributed by atoms with Gasteiger partial charge in [-0.05, 0) is 56.3 Å². The second-order valence-corrected chi connectivity index (χ2v) is 6.82. The summed E-state index contributed by atoms with van der Waals surface area (Å²) in [5, 5.41) is 12.2. The minimum Gasteiger partial charge on any atom is -0.480 e. The van der Waals surface area contributed by atoms with Crippen LogP contribution in [0.15, 0.2) is 0 Å². The average Bonchev–Trinajstić information content (AvgIpc) is 2.33. The molecule has 1 unspecified atom stereocenters. The highest BCUT2D eigenvalue weighted by Crippen LogP contribution is 2.61. The third-order valence-corrected chi connectivity index (χ3v) is 5.44. The molecule has 5 heteroatoms. The topological polar surface area (TPSA) is 92.4 Å². The van der Waals surface area contributed by atoms with Gasteiger partial charge in [0.05, 0.1) is 6.54 Å². The van der Waals surface area contributed by atoms with E-state index in [4.69, 9.17) is 5.73 Å². The monoisotopic (exact) mass is 266 g/mol. The molecule has 4 N–H and O–H groups in total. The molecule has 0 aliphatic heterocycles. The maximum Gasteiger partial charge on any atom is 0.326 e. The SMILES string of the molecule is NCC(=O)NC(C(=O)O)C12CC3CC(CC(C3)C1)C2. The number of amides is 1. The Labute approximate surface area is 112 Å². The lowest BCUT2D eigenvalue weighted by Crippen LogP contribution is -2.60. The highest BCUT2D eigenvalue weighted by atomic mass is 16.4. The summed E-state index contributed by atoms with van der Waals surface area (Å²) in [5.74, 6) is 0.750. The molecule has 4 bridgehead atoms. The Morgan fingerprint density at radius 3 is 2.00 bits per heavy atom. The van der Waals surface area contributed by atoms with Crippen LogP contribution < -0.4 is 11.1 Å². The summed E-state index contributed by atoms with van der Waals surface area (Å²) < 4.78 is 0. The van der Waals surface area contributed by atoms with Crippen molar-refractivity contribution < 1.29 is 14.7 Å². The summed E-state index contributed by atoms with van der Waals surface area (Å²) >= 11 is 0. The number of hydrogen-bond acceptors (Lipinski definition) is 3. The van der Waals surface area contributed by atoms with E-state index < -0.39 is 12.0 Å². The molecule has 4 fully saturated rings. The summed E-state index contributed by atoms with van der Waals surface area (Å²) in [6, 6.07) is -0.753. The Kier molecular flexibility index (Phi) is 3.04. The third kappa shape index (κ3) is 2.14. The average molecular weight is 266 g/mol. The zero-order chi connectivity index (χ0) is 13.6. The Bertz CT molecular complexity index is 372. The third-order valence-electron chi connectivity index (χ3n) is 5.44. The molecular formula is C14H22N2O3. The zero-order valence-corrected chi connectivity index (χ0v) is 11.1. The van der Waals surface area contributed by atoms with E-state index in [0.717, 1.165) is 19.3 Å². The Hall–Kier alpha value is -1.10. The Morgan fingerprint density at radius 2 is 1.63 bits per heavy atom. The summed E-state index contributed by atoms with van der Waals surface area (Å²) in [5.41, 5.74) is 5.09. The van der Waals surface area contributed by atoms with Crippen LogP contribution in [0, 0.1) is 23.2 Å². The second kappa shape index (κ2) is 4.47. The maximum atomic E-state index is 11.6. The van der Waals surface area contributed by atoms with Crippen molar-refractivity contribution in [3.63, 3.8) is 0 Å². The smallest absolute Gasteiger partial charge is 0.326 e. The van der Waals surface area contributed by atoms with Crippen molar-refractivity contribution in [1.82, 2.24) is 5.32 Å². The molecule has 4 saturated carbocycles. The number of carboxylic acids is 1. The van der Waals surface area contributed by atoms with Crippen LogP contribution in [0.3, 0.4) is 0 Å². The fourth-order valence-electron chi connectivity index (χ4n) is 5.23. The first-order valence-corrected chi connectivity index (χ1v) is 7.24. The molecule has 4 rings (SSSR count). The molecule has 5 nitrogen and oxygen atoms in total. The van der Waals surface area contributed by atoms with Gasteiger partial charge in [-0.1, -0.05) is 0 Å². The predicted octanol–water partition coefficient (Wildman–Crippen LogP) is 0.731. The lowest BCUT2D eigenvalue weighted by atomic mass is 9.47. The fraction of sp³-hybridized carbons (Fsp3) is 0.857. The van der Waals surface area contributed by atoms with Gasteiger partial charge in [0.15, 0.2) is 0 Å². The second-order valence-electron chi connectivity index (χ2n) is 6.82. The number of carboxylic acid groups (broad SMARTS) is 1. The minimum atomic E-state index is -0.899. The first kappa shape index (κ1) is 12.9. The minimum absolute atomic E-state index is 0.143. The molecule has 106 valence electrons. The van der Waals surface area contributed by atoms with Crippen molar-refractivity contribution in [3.05, 3.63) is 0 Å². The lowest BCUT2D eigenvalue weighted by Gasteiger charge is -2.58. The first-order chi connectivity index (χ1) is 9.02. The number of nitrogens with two attached hydrogens (primary N) is 1. The summed E-state index contributed by atoms with van der Waals surface area (Å²) in [4.78, 5) is 23.1. The van der Waals surface area contributed by atoms with Gasteiger partial charge in [0.2, 0.25) is 5.91 Å². The van der Waals surface area contributed by atoms with Crippen LogP contribution in [0.25, 0.3) is 0 Å². The number of nitrogens with one attached hydrogen (secondary N) is 1. The van der Waals surface area contributed by atoms with E-state index in [-0.39, 0.29) is 17.9 Å². The number of rotatable bonds is 4. The number of hydrogen-bond donors (Lipinski definition) is 3. The molecular weight excluding hydrogens is 244 g/mol. The van der Waals surface area contributed by atoms with Gasteiger partial charge in [-0.25, -0.2) is 4.79 Å². The molecule has 0 aromatic rings. The zero-order valence-electron chi connectivity index (χ0n) is 11.1. The van der Waals surface area contributed by atoms with Crippen LogP contribution in [0.4, 0.5) is 0 Å². The van der Waals surface area contributed by atoms with Gasteiger partial charge in [-0.2, -0.15) is 0 Å². The fourth-order valence-corrected chi connectivity index (χ4v) is 5.23. The van der Waals surface area contributed by atoms with E-state index >= 15 is 0 Å². The van der Waals surface area contributed by atoms with Crippen molar-refractivity contribution in [2.75, 3.05) is 6.54 Å². The van der Waals surface area contributed by atoms with Crippen LogP contribution in [-0.4, -0.2) is 29.6 Å². The standard InChI is InChI=1S/C14H22N2O3/c15-7-11(17)16-12(13(18)19)14-4-8-1-9(5-14)3-10(2-8)6-14/h8-10,12H,1-7,15H2,(H,16,17)(H,18,19). The molecule has 0 heterocycles. The molecule has 0 spiro atoms. The summed E-state index contributed by atoms with van der Waals surface area (Å²) in [7, 11) is 0. The van der Waals surface area contributed by atoms with E-state index in [1.807, 2.05) is 0 Å². The van der Waals surface area contributed by atoms with Crippen molar-refractivity contribution in [3.8, 4) is 0 Å². The largest absolute Gasteiger partial charge is 0.480 e. The predicted molar refractivity (Wildman–Crippen MR) is 69.2 cm³/mol. The van der Waals surface area contributed by atoms with E-state index in [9.17, 15) is 14.7 Å². The van der Waals surface area contributed by atoms with Gasteiger partial charge in [0.25, 0.3) is 0 Å². The highest BCUT2D eigenvalue weighted by Gasteiger charge is 2.56. The van der Waals surface area contributed by atoms with Crippen molar-refractivity contribution >= 4 is 11.9 Å². The Balaban J connectivity index is 1.85. The van der Waals surface area contributed by atoms with Gasteiger partial charge in [0, 0.05) is 5.41 Å². The molecule has 19 heavy (non-hydrogen) atoms. The number of aliphatic carboxylic acids is 1. The lowest BCUT2D eigenvalue weighted by molar-refractivity contribution is -0.154. The molecule has 0 radical (unpaired) electrons. The number of carbonyl (C=O) groups is 2. The van der Waals surface area contributed by atoms with E-state index in [1.165, 1.54) is 19.3 Å². The molecule has 0 saturated heterocycles. The van der Waals surface area contributed by atoms with Crippen LogP contribution in [-0.2, 0) is 9.59 Å². The number of carbonyl (C=O) groups excluding carboxylic acids is 1. The van der Waals surface area contributed by atoms with Gasteiger partial charge in [0.1, 0.15) is 6.04 Å². The van der Waals surface area contributed by atoms with Crippen LogP contribution in [0.1, 0.15) is 38.5 Å². The van der Waals surface area contributed by atoms with Gasteiger partial charge < -0.3 is 16.2 Å². The van der Waals surface area contributed by atoms with Crippen LogP contribution in [0.2, 0.25) is 0 Å². The van der Waals surface area contributed by atoms with E-state index in [1.54, 1.807) is 0 Å². The first-order valence-electron chi connectivity index (χ1n) is 7.24. The quantitative estimate of drug-likeness (QED) is 0.699. The molecule has 0 aromatic heterocycles. The van der Waals surface area contributed by atoms with Crippen LogP contribution >= 0.6 is 0 Å². The molecule has 1 atom stereocenters. The highest BCUT2D eigenvalue weighted by molar-refractivity contribution is 5.85. The van der Waals surface area contributed by atoms with Gasteiger partial charge in [-0.15, -0.1) is 0 Å². The molecule has 4 aliphatic carbocycles. The van der Waals surface area contributed by atoms with Crippen molar-refractivity contribution in [1.29, 1.82) is 0 Å².